The minimum atomic E-state index is -3.99. The lowest BCUT2D eigenvalue weighted by atomic mass is 10.2. The normalized spacial score (nSPS) is 12.8. The fourth-order valence-electron chi connectivity index (χ4n) is 1.09. The Labute approximate surface area is 110 Å². The molecule has 1 unspecified atom stereocenters. The number of nitrogens with zero attached hydrogens (tertiary/aromatic N) is 1. The van der Waals surface area contributed by atoms with Gasteiger partial charge in [0, 0.05) is 0 Å². The van der Waals surface area contributed by atoms with Crippen LogP contribution in [-0.2, 0) is 0 Å². The largest absolute Gasteiger partial charge is 0.440 e. The van der Waals surface area contributed by atoms with Gasteiger partial charge in [-0.2, -0.15) is 13.8 Å². The third kappa shape index (κ3) is 3.52. The molecular weight excluding hydrogens is 319 g/mol. The van der Waals surface area contributed by atoms with Crippen molar-refractivity contribution in [1.82, 2.24) is 0 Å². The average molecular weight is 326 g/mol. The van der Waals surface area contributed by atoms with E-state index in [1.54, 1.807) is 13.0 Å². The van der Waals surface area contributed by atoms with Crippen LogP contribution < -0.4 is 4.74 Å². The number of alkyl halides is 4. The summed E-state index contributed by atoms with van der Waals surface area (Å²) in [4.78, 5) is 3.62. The van der Waals surface area contributed by atoms with Crippen LogP contribution in [0.25, 0.3) is 0 Å². The number of isothiocyanates is 1. The summed E-state index contributed by atoms with van der Waals surface area (Å²) in [5.74, 6) is -0.255. The minimum absolute atomic E-state index is 0.107. The maximum atomic E-state index is 13.1. The van der Waals surface area contributed by atoms with Crippen LogP contribution in [0.3, 0.4) is 0 Å². The zero-order valence-corrected chi connectivity index (χ0v) is 11.0. The second-order valence-electron chi connectivity index (χ2n) is 3.09. The Kier molecular flexibility index (Phi) is 4.68. The van der Waals surface area contributed by atoms with Gasteiger partial charge in [-0.1, -0.05) is 12.1 Å². The fraction of sp³-hybridized carbons (Fsp3) is 0.300. The van der Waals surface area contributed by atoms with Crippen LogP contribution in [0.2, 0.25) is 0 Å². The van der Waals surface area contributed by atoms with Crippen molar-refractivity contribution in [2.75, 3.05) is 0 Å². The van der Waals surface area contributed by atoms with Crippen molar-refractivity contribution in [2.24, 2.45) is 4.99 Å². The molecule has 0 aliphatic heterocycles. The molecule has 2 nitrogen and oxygen atoms in total. The predicted molar refractivity (Wildman–Crippen MR) is 65.3 cm³/mol. The summed E-state index contributed by atoms with van der Waals surface area (Å²) in [6.45, 7) is 1.64. The lowest BCUT2D eigenvalue weighted by Gasteiger charge is -2.19. The lowest BCUT2D eigenvalue weighted by Crippen LogP contribution is -2.32. The van der Waals surface area contributed by atoms with Gasteiger partial charge in [0.2, 0.25) is 0 Å². The Morgan fingerprint density at radius 2 is 2.18 bits per heavy atom. The Morgan fingerprint density at radius 3 is 2.71 bits per heavy atom. The topological polar surface area (TPSA) is 21.6 Å². The maximum Gasteiger partial charge on any atom is 0.440 e. The molecule has 1 rings (SSSR count). The molecule has 0 bridgehead atoms. The summed E-state index contributed by atoms with van der Waals surface area (Å²) < 4.78 is 43.0. The van der Waals surface area contributed by atoms with E-state index in [4.69, 9.17) is 0 Å². The number of benzene rings is 1. The highest BCUT2D eigenvalue weighted by Crippen LogP contribution is 2.36. The second-order valence-corrected chi connectivity index (χ2v) is 4.08. The maximum absolute atomic E-state index is 13.1. The molecule has 17 heavy (non-hydrogen) atoms. The molecule has 0 heterocycles. The molecule has 0 radical (unpaired) electrons. The molecule has 0 amide bonds. The number of aryl methyl sites for hydroxylation is 1. The van der Waals surface area contributed by atoms with Crippen molar-refractivity contribution in [3.63, 3.8) is 0 Å². The molecular formula is C10H7BrF3NOS. The van der Waals surface area contributed by atoms with Gasteiger partial charge < -0.3 is 4.74 Å². The third-order valence-electron chi connectivity index (χ3n) is 1.86. The molecule has 1 aromatic carbocycles. The first-order valence-electron chi connectivity index (χ1n) is 4.41. The van der Waals surface area contributed by atoms with E-state index in [2.05, 4.69) is 43.0 Å². The molecule has 0 fully saturated rings. The quantitative estimate of drug-likeness (QED) is 0.465. The summed E-state index contributed by atoms with van der Waals surface area (Å²) in [7, 11) is 0. The van der Waals surface area contributed by atoms with Crippen LogP contribution in [0.5, 0.6) is 5.75 Å². The van der Waals surface area contributed by atoms with Gasteiger partial charge in [-0.25, -0.2) is 4.39 Å². The molecule has 0 aromatic heterocycles. The first-order chi connectivity index (χ1) is 7.88. The minimum Gasteiger partial charge on any atom is -0.427 e. The van der Waals surface area contributed by atoms with E-state index in [1.165, 1.54) is 12.1 Å². The zero-order chi connectivity index (χ0) is 13.1. The second kappa shape index (κ2) is 5.62. The molecule has 0 aliphatic rings. The predicted octanol–water partition coefficient (Wildman–Crippen LogP) is 4.39. The number of rotatable bonds is 4. The SMILES string of the molecule is Cc1cccc(OC(F)(F)C(F)Br)c1N=C=S. The van der Waals surface area contributed by atoms with Crippen LogP contribution in [0.1, 0.15) is 5.56 Å². The van der Waals surface area contributed by atoms with Gasteiger partial charge in [0.15, 0.2) is 5.75 Å². The number of aliphatic imine (C=N–C) groups is 1. The van der Waals surface area contributed by atoms with Gasteiger partial charge in [0.05, 0.1) is 5.16 Å². The average Bonchev–Trinajstić information content (AvgIpc) is 2.22. The van der Waals surface area contributed by atoms with Gasteiger partial charge in [-0.15, -0.1) is 0 Å². The van der Waals surface area contributed by atoms with Crippen molar-refractivity contribution in [3.8, 4) is 5.75 Å². The fourth-order valence-corrected chi connectivity index (χ4v) is 1.28. The standard InChI is InChI=1S/C10H7BrF3NOS/c1-6-3-2-4-7(8(6)15-5-17)16-10(13,14)9(11)12/h2-4,9H,1H3. The van der Waals surface area contributed by atoms with E-state index in [0.29, 0.717) is 5.56 Å². The molecule has 1 atom stereocenters. The molecule has 0 aliphatic carbocycles. The van der Waals surface area contributed by atoms with Crippen LogP contribution in [-0.4, -0.2) is 16.4 Å². The highest BCUT2D eigenvalue weighted by atomic mass is 79.9. The highest BCUT2D eigenvalue weighted by molar-refractivity contribution is 9.09. The van der Waals surface area contributed by atoms with Gasteiger partial charge in [-0.05, 0) is 46.7 Å². The number of para-hydroxylation sites is 1. The van der Waals surface area contributed by atoms with Crippen molar-refractivity contribution in [3.05, 3.63) is 23.8 Å². The van der Waals surface area contributed by atoms with Crippen molar-refractivity contribution in [1.29, 1.82) is 0 Å². The summed E-state index contributed by atoms with van der Waals surface area (Å²) in [5.41, 5.74) is 0.677. The van der Waals surface area contributed by atoms with E-state index in [9.17, 15) is 13.2 Å². The van der Waals surface area contributed by atoms with Crippen molar-refractivity contribution >= 4 is 39.0 Å². The lowest BCUT2D eigenvalue weighted by molar-refractivity contribution is -0.194. The van der Waals surface area contributed by atoms with Crippen molar-refractivity contribution in [2.45, 2.75) is 18.1 Å². The number of halogens is 4. The molecule has 0 N–H and O–H groups in total. The van der Waals surface area contributed by atoms with E-state index in [0.717, 1.165) is 0 Å². The smallest absolute Gasteiger partial charge is 0.427 e. The molecule has 92 valence electrons. The van der Waals surface area contributed by atoms with E-state index in [1.807, 2.05) is 0 Å². The summed E-state index contributed by atoms with van der Waals surface area (Å²) in [6.07, 6.45) is -3.99. The molecule has 0 spiro atoms. The van der Waals surface area contributed by atoms with E-state index in [-0.39, 0.29) is 11.4 Å². The summed E-state index contributed by atoms with van der Waals surface area (Å²) in [6, 6.07) is 4.38. The van der Waals surface area contributed by atoms with Gasteiger partial charge >= 0.3 is 6.11 Å². The van der Waals surface area contributed by atoms with Crippen LogP contribution in [0.4, 0.5) is 18.9 Å². The monoisotopic (exact) mass is 325 g/mol. The molecule has 0 saturated carbocycles. The van der Waals surface area contributed by atoms with Crippen LogP contribution in [0, 0.1) is 6.92 Å². The Bertz CT molecular complexity index is 461. The first-order valence-corrected chi connectivity index (χ1v) is 5.73. The van der Waals surface area contributed by atoms with E-state index >= 15 is 0 Å². The molecule has 0 saturated heterocycles. The number of thiocarbonyl (C=S) groups is 1. The Hall–Kier alpha value is -0.910. The van der Waals surface area contributed by atoms with E-state index < -0.39 is 11.2 Å². The zero-order valence-electron chi connectivity index (χ0n) is 8.58. The number of ether oxygens (including phenoxy) is 1. The van der Waals surface area contributed by atoms with Crippen LogP contribution in [0.15, 0.2) is 23.2 Å². The first kappa shape index (κ1) is 14.2. The highest BCUT2D eigenvalue weighted by Gasteiger charge is 2.42. The van der Waals surface area contributed by atoms with Crippen LogP contribution >= 0.6 is 28.1 Å². The third-order valence-corrected chi connectivity index (χ3v) is 2.48. The molecule has 7 heteroatoms. The Balaban J connectivity index is 3.15. The van der Waals surface area contributed by atoms with Gasteiger partial charge in [-0.3, -0.25) is 0 Å². The number of hydrogen-bond acceptors (Lipinski definition) is 3. The number of hydrogen-bond donors (Lipinski definition) is 0. The van der Waals surface area contributed by atoms with Gasteiger partial charge in [0.1, 0.15) is 5.69 Å². The summed E-state index contributed by atoms with van der Waals surface area (Å²) >= 11 is 6.53. The Morgan fingerprint density at radius 1 is 1.53 bits per heavy atom. The molecule has 1 aromatic rings. The van der Waals surface area contributed by atoms with Gasteiger partial charge in [0.25, 0.3) is 5.08 Å². The summed E-state index contributed by atoms with van der Waals surface area (Å²) in [5, 5.41) is -0.553. The van der Waals surface area contributed by atoms with Crippen molar-refractivity contribution < 1.29 is 17.9 Å².